The van der Waals surface area contributed by atoms with Gasteiger partial charge in [0.1, 0.15) is 17.5 Å². The Kier molecular flexibility index (Phi) is 4.88. The van der Waals surface area contributed by atoms with Gasteiger partial charge in [0.05, 0.1) is 11.1 Å². The molecule has 0 aliphatic heterocycles. The van der Waals surface area contributed by atoms with E-state index < -0.39 is 5.78 Å². The van der Waals surface area contributed by atoms with Crippen molar-refractivity contribution >= 4 is 17.4 Å². The number of pyridine rings is 1. The Morgan fingerprint density at radius 3 is 2.95 bits per heavy atom. The van der Waals surface area contributed by atoms with E-state index in [1.165, 1.54) is 25.4 Å². The van der Waals surface area contributed by atoms with Crippen LogP contribution in [0.5, 0.6) is 5.75 Å². The fraction of sp³-hybridized carbons (Fsp3) is 0.133. The Balaban J connectivity index is 2.47. The first-order valence-electron chi connectivity index (χ1n) is 5.98. The summed E-state index contributed by atoms with van der Waals surface area (Å²) in [5.74, 6) is -0.110. The minimum absolute atomic E-state index is 0.00472. The van der Waals surface area contributed by atoms with E-state index in [0.717, 1.165) is 0 Å². The van der Waals surface area contributed by atoms with Crippen molar-refractivity contribution in [3.05, 3.63) is 58.4 Å². The number of carbonyl (C=O) groups is 1. The molecule has 0 aliphatic rings. The van der Waals surface area contributed by atoms with Gasteiger partial charge in [-0.15, -0.1) is 0 Å². The molecule has 5 nitrogen and oxygen atoms in total. The molecule has 0 unspecified atom stereocenters. The molecule has 2 rings (SSSR count). The number of hydrogen-bond donors (Lipinski definition) is 0. The van der Waals surface area contributed by atoms with Gasteiger partial charge in [0, 0.05) is 18.3 Å². The second-order valence-electron chi connectivity index (χ2n) is 4.03. The lowest BCUT2D eigenvalue weighted by atomic mass is 10.0. The molecule has 0 saturated carbocycles. The van der Waals surface area contributed by atoms with Crippen molar-refractivity contribution in [2.24, 2.45) is 0 Å². The molecule has 1 aromatic heterocycles. The normalized spacial score (nSPS) is 9.95. The number of ether oxygens (including phenoxy) is 2. The standard InChI is InChI=1S/C15H11ClN2O3/c1-20-9-21-13-5-4-11(16)7-12(13)15(19)14-10(8-17)3-2-6-18-14/h2-7H,9H2,1H3. The first kappa shape index (κ1) is 15.0. The van der Waals surface area contributed by atoms with Crippen LogP contribution in [0.2, 0.25) is 5.02 Å². The second-order valence-corrected chi connectivity index (χ2v) is 4.47. The number of halogens is 1. The van der Waals surface area contributed by atoms with E-state index in [-0.39, 0.29) is 23.6 Å². The van der Waals surface area contributed by atoms with E-state index in [2.05, 4.69) is 4.98 Å². The van der Waals surface area contributed by atoms with Gasteiger partial charge in [-0.25, -0.2) is 0 Å². The number of methoxy groups -OCH3 is 1. The van der Waals surface area contributed by atoms with Gasteiger partial charge in [-0.1, -0.05) is 11.6 Å². The Morgan fingerprint density at radius 1 is 1.43 bits per heavy atom. The summed E-state index contributed by atoms with van der Waals surface area (Å²) in [4.78, 5) is 16.5. The summed E-state index contributed by atoms with van der Waals surface area (Å²) in [5.41, 5.74) is 0.486. The summed E-state index contributed by atoms with van der Waals surface area (Å²) in [6.07, 6.45) is 1.45. The SMILES string of the molecule is COCOc1ccc(Cl)cc1C(=O)c1ncccc1C#N. The fourth-order valence-electron chi connectivity index (χ4n) is 1.73. The maximum absolute atomic E-state index is 12.6. The number of benzene rings is 1. The lowest BCUT2D eigenvalue weighted by Gasteiger charge is -2.10. The Bertz CT molecular complexity index is 710. The number of nitrogens with zero attached hydrogens (tertiary/aromatic N) is 2. The van der Waals surface area contributed by atoms with Crippen LogP contribution in [0.4, 0.5) is 0 Å². The molecular formula is C15H11ClN2O3. The zero-order chi connectivity index (χ0) is 15.2. The van der Waals surface area contributed by atoms with Crippen molar-refractivity contribution in [3.8, 4) is 11.8 Å². The summed E-state index contributed by atoms with van der Waals surface area (Å²) >= 11 is 5.93. The first-order chi connectivity index (χ1) is 10.2. The predicted molar refractivity (Wildman–Crippen MR) is 76.3 cm³/mol. The van der Waals surface area contributed by atoms with Crippen molar-refractivity contribution in [2.45, 2.75) is 0 Å². The van der Waals surface area contributed by atoms with Crippen molar-refractivity contribution in [1.82, 2.24) is 4.98 Å². The highest BCUT2D eigenvalue weighted by molar-refractivity contribution is 6.31. The summed E-state index contributed by atoms with van der Waals surface area (Å²) < 4.78 is 10.2. The molecule has 0 radical (unpaired) electrons. The molecule has 106 valence electrons. The Morgan fingerprint density at radius 2 is 2.24 bits per heavy atom. The molecule has 2 aromatic rings. The van der Waals surface area contributed by atoms with Crippen LogP contribution in [0.15, 0.2) is 36.5 Å². The van der Waals surface area contributed by atoms with Crippen molar-refractivity contribution in [1.29, 1.82) is 5.26 Å². The largest absolute Gasteiger partial charge is 0.467 e. The molecule has 0 atom stereocenters. The highest BCUT2D eigenvalue weighted by atomic mass is 35.5. The zero-order valence-corrected chi connectivity index (χ0v) is 11.9. The molecule has 0 saturated heterocycles. The highest BCUT2D eigenvalue weighted by Crippen LogP contribution is 2.26. The number of rotatable bonds is 5. The monoisotopic (exact) mass is 302 g/mol. The van der Waals surface area contributed by atoms with E-state index in [9.17, 15) is 4.79 Å². The van der Waals surface area contributed by atoms with Crippen LogP contribution in [-0.4, -0.2) is 24.7 Å². The highest BCUT2D eigenvalue weighted by Gasteiger charge is 2.19. The van der Waals surface area contributed by atoms with Crippen LogP contribution in [0.25, 0.3) is 0 Å². The molecule has 0 N–H and O–H groups in total. The third kappa shape index (κ3) is 3.37. The van der Waals surface area contributed by atoms with Crippen molar-refractivity contribution < 1.29 is 14.3 Å². The van der Waals surface area contributed by atoms with Crippen LogP contribution in [0, 0.1) is 11.3 Å². The number of carbonyl (C=O) groups excluding carboxylic acids is 1. The van der Waals surface area contributed by atoms with Gasteiger partial charge in [-0.2, -0.15) is 5.26 Å². The van der Waals surface area contributed by atoms with Crippen LogP contribution < -0.4 is 4.74 Å². The lowest BCUT2D eigenvalue weighted by Crippen LogP contribution is -2.10. The minimum atomic E-state index is -0.430. The molecule has 1 heterocycles. The summed E-state index contributed by atoms with van der Waals surface area (Å²) in [5, 5.41) is 9.45. The molecule has 6 heteroatoms. The van der Waals surface area contributed by atoms with E-state index in [4.69, 9.17) is 26.3 Å². The number of nitriles is 1. The quantitative estimate of drug-likeness (QED) is 0.627. The van der Waals surface area contributed by atoms with Gasteiger partial charge < -0.3 is 9.47 Å². The third-order valence-electron chi connectivity index (χ3n) is 2.66. The Hall–Kier alpha value is -2.42. The molecule has 0 aliphatic carbocycles. The fourth-order valence-corrected chi connectivity index (χ4v) is 1.90. The van der Waals surface area contributed by atoms with Crippen molar-refractivity contribution in [2.75, 3.05) is 13.9 Å². The average molecular weight is 303 g/mol. The summed E-state index contributed by atoms with van der Waals surface area (Å²) in [6, 6.07) is 9.72. The van der Waals surface area contributed by atoms with Gasteiger partial charge in [-0.05, 0) is 30.3 Å². The summed E-state index contributed by atoms with van der Waals surface area (Å²) in [6.45, 7) is -0.00472. The van der Waals surface area contributed by atoms with E-state index in [1.54, 1.807) is 18.2 Å². The van der Waals surface area contributed by atoms with Crippen LogP contribution in [0.3, 0.4) is 0 Å². The maximum Gasteiger partial charge on any atom is 0.216 e. The van der Waals surface area contributed by atoms with Crippen LogP contribution >= 0.6 is 11.6 Å². The van der Waals surface area contributed by atoms with Gasteiger partial charge >= 0.3 is 0 Å². The number of ketones is 1. The van der Waals surface area contributed by atoms with Crippen molar-refractivity contribution in [3.63, 3.8) is 0 Å². The topological polar surface area (TPSA) is 72.2 Å². The molecule has 0 spiro atoms. The van der Waals surface area contributed by atoms with E-state index in [1.807, 2.05) is 6.07 Å². The molecule has 0 bridgehead atoms. The smallest absolute Gasteiger partial charge is 0.216 e. The number of aromatic nitrogens is 1. The predicted octanol–water partition coefficient (Wildman–Crippen LogP) is 2.82. The lowest BCUT2D eigenvalue weighted by molar-refractivity contribution is 0.0503. The van der Waals surface area contributed by atoms with E-state index >= 15 is 0 Å². The molecule has 21 heavy (non-hydrogen) atoms. The first-order valence-corrected chi connectivity index (χ1v) is 6.36. The number of hydrogen-bond acceptors (Lipinski definition) is 5. The second kappa shape index (κ2) is 6.84. The van der Waals surface area contributed by atoms with Gasteiger partial charge in [-0.3, -0.25) is 9.78 Å². The minimum Gasteiger partial charge on any atom is -0.467 e. The van der Waals surface area contributed by atoms with Gasteiger partial charge in [0.2, 0.25) is 5.78 Å². The molecular weight excluding hydrogens is 292 g/mol. The molecule has 0 amide bonds. The molecule has 0 fully saturated rings. The maximum atomic E-state index is 12.6. The zero-order valence-electron chi connectivity index (χ0n) is 11.2. The van der Waals surface area contributed by atoms with Crippen LogP contribution in [0.1, 0.15) is 21.6 Å². The molecule has 1 aromatic carbocycles. The van der Waals surface area contributed by atoms with E-state index in [0.29, 0.717) is 10.8 Å². The third-order valence-corrected chi connectivity index (χ3v) is 2.90. The summed E-state index contributed by atoms with van der Waals surface area (Å²) in [7, 11) is 1.48. The Labute approximate surface area is 126 Å². The van der Waals surface area contributed by atoms with Gasteiger partial charge in [0.15, 0.2) is 6.79 Å². The average Bonchev–Trinajstić information content (AvgIpc) is 2.53. The van der Waals surface area contributed by atoms with Gasteiger partial charge in [0.25, 0.3) is 0 Å². The van der Waals surface area contributed by atoms with Crippen LogP contribution in [-0.2, 0) is 4.74 Å².